The van der Waals surface area contributed by atoms with Crippen LogP contribution < -0.4 is 16.0 Å². The molecule has 1 aromatic carbocycles. The van der Waals surface area contributed by atoms with Gasteiger partial charge in [-0.15, -0.1) is 0 Å². The third-order valence-electron chi connectivity index (χ3n) is 3.47. The van der Waals surface area contributed by atoms with Gasteiger partial charge in [0.25, 0.3) is 0 Å². The molecule has 1 fully saturated rings. The fraction of sp³-hybridized carbons (Fsp3) is 0.538. The van der Waals surface area contributed by atoms with E-state index in [9.17, 15) is 0 Å². The highest BCUT2D eigenvalue weighted by atomic mass is 32.2. The lowest BCUT2D eigenvalue weighted by Crippen LogP contribution is -2.41. The number of hydrazine groups is 1. The number of fused-ring (bicyclic) bond motifs is 1. The third-order valence-corrected chi connectivity index (χ3v) is 4.49. The number of hydrogen-bond acceptors (Lipinski definition) is 5. The Morgan fingerprint density at radius 1 is 1.39 bits per heavy atom. The fourth-order valence-corrected chi connectivity index (χ4v) is 3.42. The Bertz CT molecular complexity index is 421. The quantitative estimate of drug-likeness (QED) is 0.637. The van der Waals surface area contributed by atoms with Gasteiger partial charge in [0.1, 0.15) is 5.75 Å². The summed E-state index contributed by atoms with van der Waals surface area (Å²) in [5.41, 5.74) is 5.36. The van der Waals surface area contributed by atoms with Crippen LogP contribution in [0.3, 0.4) is 0 Å². The molecular weight excluding hydrogens is 248 g/mol. The molecule has 0 spiro atoms. The molecule has 0 aromatic heterocycles. The Morgan fingerprint density at radius 2 is 2.33 bits per heavy atom. The Morgan fingerprint density at radius 3 is 3.11 bits per heavy atom. The van der Waals surface area contributed by atoms with Crippen LogP contribution in [0.1, 0.15) is 17.2 Å². The Kier molecular flexibility index (Phi) is 3.75. The molecule has 2 atom stereocenters. The first-order chi connectivity index (χ1) is 8.88. The highest BCUT2D eigenvalue weighted by Crippen LogP contribution is 2.31. The third kappa shape index (κ3) is 2.36. The summed E-state index contributed by atoms with van der Waals surface area (Å²) in [5, 5.41) is 0. The maximum absolute atomic E-state index is 5.81. The molecule has 1 saturated heterocycles. The van der Waals surface area contributed by atoms with Gasteiger partial charge in [0.05, 0.1) is 25.4 Å². The van der Waals surface area contributed by atoms with E-state index in [0.717, 1.165) is 36.9 Å². The van der Waals surface area contributed by atoms with Gasteiger partial charge >= 0.3 is 0 Å². The SMILES string of the molecule is NNC(c1ccc2c(c1)CCO2)C1CSCCO1. The first kappa shape index (κ1) is 12.3. The molecule has 0 saturated carbocycles. The van der Waals surface area contributed by atoms with Gasteiger partial charge < -0.3 is 9.47 Å². The van der Waals surface area contributed by atoms with E-state index in [-0.39, 0.29) is 12.1 Å². The molecule has 0 radical (unpaired) electrons. The second-order valence-corrected chi connectivity index (χ2v) is 5.74. The number of rotatable bonds is 3. The molecular formula is C13H18N2O2S. The average Bonchev–Trinajstić information content (AvgIpc) is 2.88. The van der Waals surface area contributed by atoms with E-state index < -0.39 is 0 Å². The predicted octanol–water partition coefficient (Wildman–Crippen LogP) is 1.26. The first-order valence-corrected chi connectivity index (χ1v) is 7.45. The van der Waals surface area contributed by atoms with Gasteiger partial charge in [-0.1, -0.05) is 12.1 Å². The van der Waals surface area contributed by atoms with Crippen LogP contribution in [-0.2, 0) is 11.2 Å². The van der Waals surface area contributed by atoms with Crippen LogP contribution in [0.25, 0.3) is 0 Å². The lowest BCUT2D eigenvalue weighted by molar-refractivity contribution is 0.0468. The highest BCUT2D eigenvalue weighted by Gasteiger charge is 2.26. The number of hydrogen-bond donors (Lipinski definition) is 2. The van der Waals surface area contributed by atoms with E-state index in [1.165, 1.54) is 11.1 Å². The molecule has 2 unspecified atom stereocenters. The van der Waals surface area contributed by atoms with Crippen LogP contribution in [0.5, 0.6) is 5.75 Å². The van der Waals surface area contributed by atoms with Gasteiger partial charge in [-0.25, -0.2) is 0 Å². The molecule has 98 valence electrons. The zero-order valence-electron chi connectivity index (χ0n) is 10.2. The Hall–Kier alpha value is -0.750. The van der Waals surface area contributed by atoms with Crippen molar-refractivity contribution < 1.29 is 9.47 Å². The molecule has 0 bridgehead atoms. The lowest BCUT2D eigenvalue weighted by Gasteiger charge is -2.30. The van der Waals surface area contributed by atoms with Crippen molar-refractivity contribution in [3.63, 3.8) is 0 Å². The maximum Gasteiger partial charge on any atom is 0.122 e. The summed E-state index contributed by atoms with van der Waals surface area (Å²) >= 11 is 1.92. The predicted molar refractivity (Wildman–Crippen MR) is 72.8 cm³/mol. The molecule has 3 N–H and O–H groups in total. The van der Waals surface area contributed by atoms with Gasteiger partial charge in [-0.05, 0) is 17.2 Å². The normalized spacial score (nSPS) is 24.4. The largest absolute Gasteiger partial charge is 0.493 e. The molecule has 0 amide bonds. The molecule has 18 heavy (non-hydrogen) atoms. The second-order valence-electron chi connectivity index (χ2n) is 4.59. The fourth-order valence-electron chi connectivity index (χ4n) is 2.52. The number of thioether (sulfide) groups is 1. The molecule has 4 nitrogen and oxygen atoms in total. The standard InChI is InChI=1S/C13H18N2O2S/c14-15-13(12-8-18-6-5-17-12)10-1-2-11-9(7-10)3-4-16-11/h1-2,7,12-13,15H,3-6,8,14H2. The molecule has 1 aromatic rings. The van der Waals surface area contributed by atoms with Crippen LogP contribution in [0.15, 0.2) is 18.2 Å². The number of nitrogens with one attached hydrogen (secondary N) is 1. The van der Waals surface area contributed by atoms with E-state index >= 15 is 0 Å². The Labute approximate surface area is 111 Å². The van der Waals surface area contributed by atoms with Crippen molar-refractivity contribution in [2.24, 2.45) is 5.84 Å². The van der Waals surface area contributed by atoms with Crippen molar-refractivity contribution in [1.29, 1.82) is 0 Å². The second kappa shape index (κ2) is 5.48. The van der Waals surface area contributed by atoms with Gasteiger partial charge in [0, 0.05) is 17.9 Å². The van der Waals surface area contributed by atoms with Crippen LogP contribution in [-0.4, -0.2) is 30.8 Å². The van der Waals surface area contributed by atoms with Crippen molar-refractivity contribution in [3.8, 4) is 5.75 Å². The molecule has 5 heteroatoms. The summed E-state index contributed by atoms with van der Waals surface area (Å²) < 4.78 is 11.3. The number of ether oxygens (including phenoxy) is 2. The minimum atomic E-state index is 0.0590. The monoisotopic (exact) mass is 266 g/mol. The van der Waals surface area contributed by atoms with Gasteiger partial charge in [-0.3, -0.25) is 11.3 Å². The van der Waals surface area contributed by atoms with Crippen LogP contribution >= 0.6 is 11.8 Å². The number of nitrogens with two attached hydrogens (primary N) is 1. The van der Waals surface area contributed by atoms with Gasteiger partial charge in [-0.2, -0.15) is 11.8 Å². The van der Waals surface area contributed by atoms with Crippen molar-refractivity contribution in [2.75, 3.05) is 24.7 Å². The van der Waals surface area contributed by atoms with Crippen LogP contribution in [0.2, 0.25) is 0 Å². The minimum Gasteiger partial charge on any atom is -0.493 e. The summed E-state index contributed by atoms with van der Waals surface area (Å²) in [4.78, 5) is 0. The van der Waals surface area contributed by atoms with Crippen molar-refractivity contribution >= 4 is 11.8 Å². The van der Waals surface area contributed by atoms with Crippen LogP contribution in [0, 0.1) is 0 Å². The van der Waals surface area contributed by atoms with E-state index in [4.69, 9.17) is 15.3 Å². The summed E-state index contributed by atoms with van der Waals surface area (Å²) in [7, 11) is 0. The Balaban J connectivity index is 1.82. The molecule has 3 rings (SSSR count). The van der Waals surface area contributed by atoms with E-state index in [1.54, 1.807) is 0 Å². The van der Waals surface area contributed by atoms with Gasteiger partial charge in [0.2, 0.25) is 0 Å². The van der Waals surface area contributed by atoms with E-state index in [0.29, 0.717) is 0 Å². The van der Waals surface area contributed by atoms with Crippen LogP contribution in [0.4, 0.5) is 0 Å². The highest BCUT2D eigenvalue weighted by molar-refractivity contribution is 7.99. The lowest BCUT2D eigenvalue weighted by atomic mass is 9.99. The van der Waals surface area contributed by atoms with Gasteiger partial charge in [0.15, 0.2) is 0 Å². The number of benzene rings is 1. The molecule has 0 aliphatic carbocycles. The van der Waals surface area contributed by atoms with Crippen molar-refractivity contribution in [2.45, 2.75) is 18.6 Å². The average molecular weight is 266 g/mol. The summed E-state index contributed by atoms with van der Waals surface area (Å²) in [6.45, 7) is 1.59. The molecule has 2 aliphatic heterocycles. The minimum absolute atomic E-state index is 0.0590. The zero-order valence-corrected chi connectivity index (χ0v) is 11.0. The summed E-state index contributed by atoms with van der Waals surface area (Å²) in [6.07, 6.45) is 1.13. The maximum atomic E-state index is 5.81. The summed E-state index contributed by atoms with van der Waals surface area (Å²) in [6, 6.07) is 6.37. The molecule has 2 aliphatic rings. The van der Waals surface area contributed by atoms with Crippen molar-refractivity contribution in [3.05, 3.63) is 29.3 Å². The first-order valence-electron chi connectivity index (χ1n) is 6.29. The topological polar surface area (TPSA) is 56.5 Å². The van der Waals surface area contributed by atoms with E-state index in [1.807, 2.05) is 17.8 Å². The van der Waals surface area contributed by atoms with E-state index in [2.05, 4.69) is 17.6 Å². The van der Waals surface area contributed by atoms with Crippen molar-refractivity contribution in [1.82, 2.24) is 5.43 Å². The smallest absolute Gasteiger partial charge is 0.122 e. The molecule has 2 heterocycles. The summed E-state index contributed by atoms with van der Waals surface area (Å²) in [5.74, 6) is 8.78. The zero-order chi connectivity index (χ0) is 12.4.